The summed E-state index contributed by atoms with van der Waals surface area (Å²) in [4.78, 5) is 21.3. The number of anilines is 2. The third-order valence-corrected chi connectivity index (χ3v) is 2.71. The number of primary amides is 1. The lowest BCUT2D eigenvalue weighted by molar-refractivity contribution is 0.0996. The summed E-state index contributed by atoms with van der Waals surface area (Å²) in [5.74, 6) is -0.641. The molecule has 0 fully saturated rings. The van der Waals surface area contributed by atoms with Crippen LogP contribution >= 0.6 is 0 Å². The molecule has 0 bridgehead atoms. The van der Waals surface area contributed by atoms with E-state index in [1.807, 2.05) is 43.3 Å². The fraction of sp³-hybridized carbons (Fsp3) is 0.154. The van der Waals surface area contributed by atoms with Gasteiger partial charge in [-0.05, 0) is 12.1 Å². The second-order valence-corrected chi connectivity index (χ2v) is 4.29. The second-order valence-electron chi connectivity index (χ2n) is 4.29. The van der Waals surface area contributed by atoms with Gasteiger partial charge in [-0.15, -0.1) is 0 Å². The number of amides is 1. The van der Waals surface area contributed by atoms with E-state index in [1.165, 1.54) is 6.20 Å². The highest BCUT2D eigenvalue weighted by Gasteiger charge is 2.11. The number of nitrogens with zero attached hydrogens (tertiary/aromatic N) is 3. The van der Waals surface area contributed by atoms with E-state index in [-0.39, 0.29) is 11.5 Å². The van der Waals surface area contributed by atoms with Crippen LogP contribution in [0.15, 0.2) is 30.5 Å². The van der Waals surface area contributed by atoms with E-state index in [0.29, 0.717) is 5.69 Å². The maximum absolute atomic E-state index is 11.2. The van der Waals surface area contributed by atoms with E-state index < -0.39 is 5.91 Å². The van der Waals surface area contributed by atoms with Crippen molar-refractivity contribution in [3.05, 3.63) is 36.2 Å². The normalized spacial score (nSPS) is 10.2. The fourth-order valence-corrected chi connectivity index (χ4v) is 1.65. The molecule has 0 radical (unpaired) electrons. The van der Waals surface area contributed by atoms with Crippen LogP contribution in [0, 0.1) is 0 Å². The average Bonchev–Trinajstić information content (AvgIpc) is 2.39. The lowest BCUT2D eigenvalue weighted by atomic mass is 10.1. The van der Waals surface area contributed by atoms with Gasteiger partial charge in [-0.3, -0.25) is 4.79 Å². The number of carbonyl (C=O) groups is 1. The molecule has 19 heavy (non-hydrogen) atoms. The Kier molecular flexibility index (Phi) is 3.33. The van der Waals surface area contributed by atoms with Crippen molar-refractivity contribution in [3.63, 3.8) is 0 Å². The molecule has 2 aromatic rings. The fourth-order valence-electron chi connectivity index (χ4n) is 1.65. The Hall–Kier alpha value is -2.63. The first kappa shape index (κ1) is 12.8. The van der Waals surface area contributed by atoms with Crippen molar-refractivity contribution in [2.24, 2.45) is 5.73 Å². The van der Waals surface area contributed by atoms with Gasteiger partial charge in [-0.25, -0.2) is 9.97 Å². The number of aromatic nitrogens is 2. The zero-order valence-electron chi connectivity index (χ0n) is 10.8. The van der Waals surface area contributed by atoms with Gasteiger partial charge in [0.1, 0.15) is 0 Å². The number of nitrogen functional groups attached to an aromatic ring is 1. The zero-order valence-corrected chi connectivity index (χ0v) is 10.8. The monoisotopic (exact) mass is 257 g/mol. The highest BCUT2D eigenvalue weighted by Crippen LogP contribution is 2.21. The van der Waals surface area contributed by atoms with Gasteiger partial charge in [0.2, 0.25) is 0 Å². The molecule has 6 heteroatoms. The quantitative estimate of drug-likeness (QED) is 0.850. The molecule has 0 spiro atoms. The first-order chi connectivity index (χ1) is 8.99. The number of benzene rings is 1. The van der Waals surface area contributed by atoms with Crippen LogP contribution in [0.1, 0.15) is 10.5 Å². The van der Waals surface area contributed by atoms with Crippen LogP contribution in [0.3, 0.4) is 0 Å². The molecule has 0 saturated carbocycles. The minimum absolute atomic E-state index is 0.00538. The standard InChI is InChI=1S/C13H15N5O/c1-18(2)9-5-3-8(4-6-9)10-7-16-12(14)11(17-10)13(15)19/h3-7H,1-2H3,(H2,14,16)(H2,15,19). The van der Waals surface area contributed by atoms with Gasteiger partial charge >= 0.3 is 0 Å². The van der Waals surface area contributed by atoms with Gasteiger partial charge in [0, 0.05) is 25.3 Å². The van der Waals surface area contributed by atoms with Gasteiger partial charge in [0.25, 0.3) is 5.91 Å². The highest BCUT2D eigenvalue weighted by atomic mass is 16.1. The summed E-state index contributed by atoms with van der Waals surface area (Å²) in [7, 11) is 3.92. The largest absolute Gasteiger partial charge is 0.382 e. The number of hydrogen-bond acceptors (Lipinski definition) is 5. The zero-order chi connectivity index (χ0) is 14.0. The first-order valence-electron chi connectivity index (χ1n) is 5.69. The van der Waals surface area contributed by atoms with Crippen LogP contribution in [0.5, 0.6) is 0 Å². The van der Waals surface area contributed by atoms with Crippen molar-refractivity contribution in [1.82, 2.24) is 9.97 Å². The average molecular weight is 257 g/mol. The van der Waals surface area contributed by atoms with Crippen molar-refractivity contribution >= 4 is 17.4 Å². The van der Waals surface area contributed by atoms with E-state index in [1.54, 1.807) is 0 Å². The Morgan fingerprint density at radius 3 is 2.37 bits per heavy atom. The Morgan fingerprint density at radius 2 is 1.84 bits per heavy atom. The number of nitrogens with two attached hydrogens (primary N) is 2. The van der Waals surface area contributed by atoms with E-state index >= 15 is 0 Å². The van der Waals surface area contributed by atoms with Crippen LogP contribution in [-0.2, 0) is 0 Å². The van der Waals surface area contributed by atoms with E-state index in [2.05, 4.69) is 9.97 Å². The maximum Gasteiger partial charge on any atom is 0.271 e. The van der Waals surface area contributed by atoms with Crippen molar-refractivity contribution < 1.29 is 4.79 Å². The Bertz CT molecular complexity index is 607. The molecule has 0 atom stereocenters. The summed E-state index contributed by atoms with van der Waals surface area (Å²) in [6.07, 6.45) is 1.52. The van der Waals surface area contributed by atoms with Gasteiger partial charge in [-0.1, -0.05) is 12.1 Å². The van der Waals surface area contributed by atoms with Gasteiger partial charge in [0.05, 0.1) is 11.9 Å². The van der Waals surface area contributed by atoms with Crippen molar-refractivity contribution in [1.29, 1.82) is 0 Å². The minimum atomic E-state index is -0.684. The SMILES string of the molecule is CN(C)c1ccc(-c2cnc(N)c(C(N)=O)n2)cc1. The van der Waals surface area contributed by atoms with Crippen LogP contribution in [-0.4, -0.2) is 30.0 Å². The van der Waals surface area contributed by atoms with Crippen LogP contribution in [0.25, 0.3) is 11.3 Å². The molecule has 0 saturated heterocycles. The number of rotatable bonds is 3. The summed E-state index contributed by atoms with van der Waals surface area (Å²) in [5.41, 5.74) is 13.2. The van der Waals surface area contributed by atoms with Gasteiger partial charge in [0.15, 0.2) is 11.5 Å². The smallest absolute Gasteiger partial charge is 0.271 e. The summed E-state index contributed by atoms with van der Waals surface area (Å²) in [6, 6.07) is 7.72. The predicted molar refractivity (Wildman–Crippen MR) is 74.7 cm³/mol. The van der Waals surface area contributed by atoms with Crippen molar-refractivity contribution in [2.45, 2.75) is 0 Å². The van der Waals surface area contributed by atoms with Crippen molar-refractivity contribution in [2.75, 3.05) is 24.7 Å². The molecule has 1 aromatic carbocycles. The molecule has 1 aromatic heterocycles. The van der Waals surface area contributed by atoms with Crippen LogP contribution < -0.4 is 16.4 Å². The summed E-state index contributed by atoms with van der Waals surface area (Å²) in [5, 5.41) is 0. The predicted octanol–water partition coefficient (Wildman–Crippen LogP) is 0.891. The van der Waals surface area contributed by atoms with Crippen molar-refractivity contribution in [3.8, 4) is 11.3 Å². The van der Waals surface area contributed by atoms with Crippen LogP contribution in [0.4, 0.5) is 11.5 Å². The Balaban J connectivity index is 2.41. The lowest BCUT2D eigenvalue weighted by Gasteiger charge is -2.12. The Morgan fingerprint density at radius 1 is 1.21 bits per heavy atom. The summed E-state index contributed by atoms with van der Waals surface area (Å²) < 4.78 is 0. The molecule has 0 unspecified atom stereocenters. The maximum atomic E-state index is 11.2. The molecular weight excluding hydrogens is 242 g/mol. The third-order valence-electron chi connectivity index (χ3n) is 2.71. The second kappa shape index (κ2) is 4.93. The van der Waals surface area contributed by atoms with E-state index in [9.17, 15) is 4.79 Å². The number of carbonyl (C=O) groups excluding carboxylic acids is 1. The highest BCUT2D eigenvalue weighted by molar-refractivity contribution is 5.95. The minimum Gasteiger partial charge on any atom is -0.382 e. The topological polar surface area (TPSA) is 98.1 Å². The van der Waals surface area contributed by atoms with E-state index in [4.69, 9.17) is 11.5 Å². The van der Waals surface area contributed by atoms with E-state index in [0.717, 1.165) is 11.3 Å². The van der Waals surface area contributed by atoms with Gasteiger partial charge in [-0.2, -0.15) is 0 Å². The molecule has 4 N–H and O–H groups in total. The molecule has 0 aliphatic heterocycles. The molecule has 98 valence electrons. The third kappa shape index (κ3) is 2.62. The molecule has 1 amide bonds. The summed E-state index contributed by atoms with van der Waals surface area (Å²) >= 11 is 0. The summed E-state index contributed by atoms with van der Waals surface area (Å²) in [6.45, 7) is 0. The molecule has 6 nitrogen and oxygen atoms in total. The number of hydrogen-bond donors (Lipinski definition) is 2. The molecule has 2 rings (SSSR count). The lowest BCUT2D eigenvalue weighted by Crippen LogP contribution is -2.17. The first-order valence-corrected chi connectivity index (χ1v) is 5.69. The molecular formula is C13H15N5O. The Labute approximate surface area is 111 Å². The molecule has 0 aliphatic carbocycles. The molecule has 0 aliphatic rings. The van der Waals surface area contributed by atoms with Gasteiger partial charge < -0.3 is 16.4 Å². The molecule has 1 heterocycles. The van der Waals surface area contributed by atoms with Crippen LogP contribution in [0.2, 0.25) is 0 Å².